The van der Waals surface area contributed by atoms with Crippen molar-refractivity contribution in [3.05, 3.63) is 58.1 Å². The highest BCUT2D eigenvalue weighted by Gasteiger charge is 2.40. The Morgan fingerprint density at radius 1 is 1.18 bits per heavy atom. The minimum absolute atomic E-state index is 0.0254. The number of ether oxygens (including phenoxy) is 1. The Balaban J connectivity index is 1.70. The zero-order valence-corrected chi connectivity index (χ0v) is 19.8. The number of benzene rings is 2. The van der Waals surface area contributed by atoms with Gasteiger partial charge in [0.1, 0.15) is 4.90 Å². The summed E-state index contributed by atoms with van der Waals surface area (Å²) in [6.45, 7) is 0.0857. The predicted molar refractivity (Wildman–Crippen MR) is 118 cm³/mol. The minimum atomic E-state index is -5.06. The van der Waals surface area contributed by atoms with Crippen LogP contribution in [0.3, 0.4) is 0 Å². The average molecular weight is 547 g/mol. The number of fused-ring (bicyclic) bond motifs is 1. The van der Waals surface area contributed by atoms with Crippen LogP contribution < -0.4 is 10.1 Å². The summed E-state index contributed by atoms with van der Waals surface area (Å²) in [4.78, 5) is 11.8. The van der Waals surface area contributed by atoms with Crippen LogP contribution in [0, 0.1) is 5.92 Å². The van der Waals surface area contributed by atoms with Crippen molar-refractivity contribution < 1.29 is 31.1 Å². The van der Waals surface area contributed by atoms with Crippen molar-refractivity contribution in [2.24, 2.45) is 5.92 Å². The van der Waals surface area contributed by atoms with Gasteiger partial charge in [-0.2, -0.15) is 4.31 Å². The lowest BCUT2D eigenvalue weighted by atomic mass is 9.84. The second kappa shape index (κ2) is 9.27. The van der Waals surface area contributed by atoms with Gasteiger partial charge in [-0.15, -0.1) is 13.2 Å². The van der Waals surface area contributed by atoms with E-state index in [1.807, 2.05) is 12.1 Å². The summed E-state index contributed by atoms with van der Waals surface area (Å²) in [5, 5.41) is 2.85. The van der Waals surface area contributed by atoms with Gasteiger partial charge in [0.2, 0.25) is 15.9 Å². The molecule has 0 bridgehead atoms. The molecule has 0 saturated heterocycles. The molecule has 0 aromatic heterocycles. The molecular formula is C22H22BrF3N2O4S. The molecule has 1 heterocycles. The molecule has 178 valence electrons. The summed E-state index contributed by atoms with van der Waals surface area (Å²) in [6.07, 6.45) is -2.08. The zero-order chi connectivity index (χ0) is 23.8. The standard InChI is InChI=1S/C22H22BrF3N2O4S/c23-16-8-9-20(19(12-16)32-22(24,25)26)33(30,31)28-11-10-14-4-1-2-7-17(14)18(28)13-27-21(29)15-5-3-6-15/h1-2,4,7-9,12,15,18H,3,5-6,10-11,13H2,(H,27,29). The van der Waals surface area contributed by atoms with E-state index in [4.69, 9.17) is 0 Å². The fourth-order valence-corrected chi connectivity index (χ4v) is 6.21. The van der Waals surface area contributed by atoms with Gasteiger partial charge >= 0.3 is 6.36 Å². The van der Waals surface area contributed by atoms with Gasteiger partial charge in [-0.25, -0.2) is 8.42 Å². The van der Waals surface area contributed by atoms with Crippen molar-refractivity contribution in [1.29, 1.82) is 0 Å². The van der Waals surface area contributed by atoms with Crippen molar-refractivity contribution in [2.75, 3.05) is 13.1 Å². The van der Waals surface area contributed by atoms with Gasteiger partial charge in [0.05, 0.1) is 6.04 Å². The molecule has 1 fully saturated rings. The maximum absolute atomic E-state index is 13.6. The first-order valence-electron chi connectivity index (χ1n) is 10.5. The van der Waals surface area contributed by atoms with Crippen molar-refractivity contribution >= 4 is 31.9 Å². The van der Waals surface area contributed by atoms with E-state index >= 15 is 0 Å². The lowest BCUT2D eigenvalue weighted by Crippen LogP contribution is -2.46. The summed E-state index contributed by atoms with van der Waals surface area (Å²) in [6, 6.07) is 9.94. The number of nitrogens with one attached hydrogen (secondary N) is 1. The van der Waals surface area contributed by atoms with Crippen molar-refractivity contribution in [2.45, 2.75) is 43.0 Å². The Hall–Kier alpha value is -2.11. The molecule has 33 heavy (non-hydrogen) atoms. The Bertz CT molecular complexity index is 1150. The zero-order valence-electron chi connectivity index (χ0n) is 17.4. The van der Waals surface area contributed by atoms with Crippen LogP contribution in [0.25, 0.3) is 0 Å². The Kier molecular flexibility index (Phi) is 6.75. The normalized spacial score (nSPS) is 19.5. The molecule has 1 saturated carbocycles. The molecule has 1 aliphatic carbocycles. The SMILES string of the molecule is O=C(NCC1c2ccccc2CCN1S(=O)(=O)c1ccc(Br)cc1OC(F)(F)F)C1CCC1. The number of hydrogen-bond acceptors (Lipinski definition) is 4. The van der Waals surface area contributed by atoms with Gasteiger partial charge in [-0.1, -0.05) is 46.6 Å². The number of nitrogens with zero attached hydrogens (tertiary/aromatic N) is 1. The van der Waals surface area contributed by atoms with Crippen molar-refractivity contribution in [3.63, 3.8) is 0 Å². The average Bonchev–Trinajstić information content (AvgIpc) is 2.69. The fraction of sp³-hybridized carbons (Fsp3) is 0.409. The molecule has 0 spiro atoms. The lowest BCUT2D eigenvalue weighted by Gasteiger charge is -2.37. The van der Waals surface area contributed by atoms with Crippen LogP contribution in [0.1, 0.15) is 36.4 Å². The van der Waals surface area contributed by atoms with E-state index in [0.717, 1.165) is 46.8 Å². The molecule has 11 heteroatoms. The highest BCUT2D eigenvalue weighted by atomic mass is 79.9. The summed E-state index contributed by atoms with van der Waals surface area (Å²) in [5.74, 6) is -1.02. The Morgan fingerprint density at radius 3 is 2.58 bits per heavy atom. The van der Waals surface area contributed by atoms with Gasteiger partial charge in [0.15, 0.2) is 5.75 Å². The van der Waals surface area contributed by atoms with Crippen LogP contribution in [-0.2, 0) is 21.2 Å². The second-order valence-corrected chi connectivity index (χ2v) is 10.9. The van der Waals surface area contributed by atoms with E-state index in [1.54, 1.807) is 12.1 Å². The van der Waals surface area contributed by atoms with Gasteiger partial charge < -0.3 is 10.1 Å². The number of carbonyl (C=O) groups excluding carboxylic acids is 1. The number of sulfonamides is 1. The van der Waals surface area contributed by atoms with E-state index in [1.165, 1.54) is 6.07 Å². The predicted octanol–water partition coefficient (Wildman–Crippen LogP) is 4.55. The molecule has 1 atom stereocenters. The maximum atomic E-state index is 13.6. The van der Waals surface area contributed by atoms with Crippen molar-refractivity contribution in [1.82, 2.24) is 9.62 Å². The number of alkyl halides is 3. The molecule has 2 aliphatic rings. The number of carbonyl (C=O) groups is 1. The molecule has 1 N–H and O–H groups in total. The van der Waals surface area contributed by atoms with Crippen LogP contribution >= 0.6 is 15.9 Å². The van der Waals surface area contributed by atoms with Gasteiger partial charge in [-0.3, -0.25) is 4.79 Å². The van der Waals surface area contributed by atoms with Gasteiger partial charge in [0.25, 0.3) is 0 Å². The first-order chi connectivity index (χ1) is 15.6. The molecule has 0 radical (unpaired) electrons. The maximum Gasteiger partial charge on any atom is 0.573 e. The molecule has 2 aromatic rings. The minimum Gasteiger partial charge on any atom is -0.404 e. The fourth-order valence-electron chi connectivity index (χ4n) is 4.17. The highest BCUT2D eigenvalue weighted by Crippen LogP contribution is 2.39. The topological polar surface area (TPSA) is 75.7 Å². The third-order valence-corrected chi connectivity index (χ3v) is 8.47. The number of halogens is 4. The summed E-state index contributed by atoms with van der Waals surface area (Å²) in [7, 11) is -4.40. The summed E-state index contributed by atoms with van der Waals surface area (Å²) in [5.41, 5.74) is 1.66. The smallest absolute Gasteiger partial charge is 0.404 e. The Labute approximate surface area is 198 Å². The third-order valence-electron chi connectivity index (χ3n) is 6.03. The van der Waals surface area contributed by atoms with E-state index in [2.05, 4.69) is 26.0 Å². The molecule has 1 aliphatic heterocycles. The lowest BCUT2D eigenvalue weighted by molar-refractivity contribution is -0.275. The molecule has 4 rings (SSSR count). The summed E-state index contributed by atoms with van der Waals surface area (Å²) >= 11 is 3.06. The first-order valence-corrected chi connectivity index (χ1v) is 12.7. The van der Waals surface area contributed by atoms with Gasteiger partial charge in [0, 0.05) is 23.5 Å². The van der Waals surface area contributed by atoms with E-state index in [-0.39, 0.29) is 29.4 Å². The Morgan fingerprint density at radius 2 is 1.91 bits per heavy atom. The largest absolute Gasteiger partial charge is 0.573 e. The first kappa shape index (κ1) is 24.0. The van der Waals surface area contributed by atoms with E-state index < -0.39 is 33.1 Å². The van der Waals surface area contributed by atoms with Crippen LogP contribution in [0.5, 0.6) is 5.75 Å². The number of hydrogen-bond donors (Lipinski definition) is 1. The molecule has 1 unspecified atom stereocenters. The van der Waals surface area contributed by atoms with Crippen molar-refractivity contribution in [3.8, 4) is 5.75 Å². The van der Waals surface area contributed by atoms with Crippen LogP contribution in [0.15, 0.2) is 51.8 Å². The van der Waals surface area contributed by atoms with Crippen LogP contribution in [-0.4, -0.2) is 38.1 Å². The second-order valence-electron chi connectivity index (χ2n) is 8.09. The third kappa shape index (κ3) is 5.20. The highest BCUT2D eigenvalue weighted by molar-refractivity contribution is 9.10. The van der Waals surface area contributed by atoms with E-state index in [0.29, 0.717) is 6.42 Å². The molecule has 2 aromatic carbocycles. The molecule has 1 amide bonds. The number of amides is 1. The van der Waals surface area contributed by atoms with Gasteiger partial charge in [-0.05, 0) is 48.6 Å². The van der Waals surface area contributed by atoms with Crippen LogP contribution in [0.4, 0.5) is 13.2 Å². The van der Waals surface area contributed by atoms with Crippen LogP contribution in [0.2, 0.25) is 0 Å². The van der Waals surface area contributed by atoms with E-state index in [9.17, 15) is 26.4 Å². The molecule has 6 nitrogen and oxygen atoms in total. The molecular weight excluding hydrogens is 525 g/mol. The number of rotatable bonds is 6. The quantitative estimate of drug-likeness (QED) is 0.576. The summed E-state index contributed by atoms with van der Waals surface area (Å²) < 4.78 is 71.6. The monoisotopic (exact) mass is 546 g/mol.